The second kappa shape index (κ2) is 11.1. The average molecular weight is 385 g/mol. The minimum Gasteiger partial charge on any atom is -0.464 e. The number of hydrogen-bond acceptors (Lipinski definition) is 6. The quantitative estimate of drug-likeness (QED) is 0.465. The molecule has 0 aliphatic heterocycles. The normalized spacial score (nSPS) is 12.5. The molecule has 0 unspecified atom stereocenters. The zero-order chi connectivity index (χ0) is 19.6. The summed E-state index contributed by atoms with van der Waals surface area (Å²) in [6, 6.07) is 6.54. The molecular weight excluding hydrogens is 357 g/mol. The van der Waals surface area contributed by atoms with Crippen molar-refractivity contribution in [2.75, 3.05) is 19.8 Å². The van der Waals surface area contributed by atoms with Crippen molar-refractivity contribution >= 4 is 19.5 Å². The van der Waals surface area contributed by atoms with Gasteiger partial charge in [-0.1, -0.05) is 24.3 Å². The second-order valence-electron chi connectivity index (χ2n) is 5.63. The van der Waals surface area contributed by atoms with Gasteiger partial charge < -0.3 is 19.1 Å². The first-order valence-electron chi connectivity index (χ1n) is 8.73. The van der Waals surface area contributed by atoms with E-state index in [4.69, 9.17) is 13.8 Å². The van der Waals surface area contributed by atoms with Crippen molar-refractivity contribution in [2.24, 2.45) is 0 Å². The van der Waals surface area contributed by atoms with E-state index in [1.54, 1.807) is 20.8 Å². The maximum atomic E-state index is 12.6. The predicted molar refractivity (Wildman–Crippen MR) is 98.9 cm³/mol. The van der Waals surface area contributed by atoms with Crippen LogP contribution < -0.4 is 5.32 Å². The fraction of sp³-hybridized carbons (Fsp3) is 0.556. The molecule has 26 heavy (non-hydrogen) atoms. The van der Waals surface area contributed by atoms with Crippen LogP contribution in [0.15, 0.2) is 24.3 Å². The minimum atomic E-state index is -3.16. The topological polar surface area (TPSA) is 90.9 Å². The molecule has 0 heterocycles. The summed E-state index contributed by atoms with van der Waals surface area (Å²) >= 11 is 0. The number of hydrogen-bond donors (Lipinski definition) is 1. The molecule has 1 N–H and O–H groups in total. The van der Waals surface area contributed by atoms with Crippen LogP contribution in [0.25, 0.3) is 0 Å². The molecule has 0 aliphatic rings. The third-order valence-electron chi connectivity index (χ3n) is 3.44. The highest BCUT2D eigenvalue weighted by atomic mass is 31.2. The Morgan fingerprint density at radius 3 is 2.00 bits per heavy atom. The molecule has 1 amide bonds. The van der Waals surface area contributed by atoms with Crippen molar-refractivity contribution in [3.05, 3.63) is 35.4 Å². The van der Waals surface area contributed by atoms with Crippen LogP contribution in [-0.2, 0) is 40.5 Å². The van der Waals surface area contributed by atoms with Crippen molar-refractivity contribution in [1.29, 1.82) is 0 Å². The summed E-state index contributed by atoms with van der Waals surface area (Å²) in [6.07, 6.45) is 0.495. The van der Waals surface area contributed by atoms with E-state index in [0.717, 1.165) is 11.1 Å². The number of amides is 1. The van der Waals surface area contributed by atoms with Gasteiger partial charge in [0.15, 0.2) is 0 Å². The molecule has 0 radical (unpaired) electrons. The SMILES string of the molecule is CCOC(=O)[C@H](Cc1ccc(CP(=O)(OCC)OCC)cc1)NC(C)=O. The Hall–Kier alpha value is -1.69. The number of nitrogens with one attached hydrogen (secondary N) is 1. The van der Waals surface area contributed by atoms with E-state index in [1.165, 1.54) is 6.92 Å². The number of benzene rings is 1. The molecule has 0 bridgehead atoms. The lowest BCUT2D eigenvalue weighted by Crippen LogP contribution is -2.42. The lowest BCUT2D eigenvalue weighted by molar-refractivity contribution is -0.147. The lowest BCUT2D eigenvalue weighted by atomic mass is 10.0. The van der Waals surface area contributed by atoms with Crippen LogP contribution in [0, 0.1) is 0 Å². The Bertz CT molecular complexity index is 621. The van der Waals surface area contributed by atoms with Crippen molar-refractivity contribution in [2.45, 2.75) is 46.3 Å². The molecule has 0 spiro atoms. The van der Waals surface area contributed by atoms with E-state index in [1.807, 2.05) is 24.3 Å². The summed E-state index contributed by atoms with van der Waals surface area (Å²) < 4.78 is 28.2. The van der Waals surface area contributed by atoms with Gasteiger partial charge in [0.25, 0.3) is 0 Å². The van der Waals surface area contributed by atoms with Crippen LogP contribution in [-0.4, -0.2) is 37.7 Å². The zero-order valence-electron chi connectivity index (χ0n) is 15.8. The van der Waals surface area contributed by atoms with Gasteiger partial charge in [-0.2, -0.15) is 0 Å². The zero-order valence-corrected chi connectivity index (χ0v) is 16.7. The average Bonchev–Trinajstić information content (AvgIpc) is 2.56. The Kier molecular flexibility index (Phi) is 9.55. The van der Waals surface area contributed by atoms with E-state index in [0.29, 0.717) is 19.6 Å². The van der Waals surface area contributed by atoms with Crippen molar-refractivity contribution in [3.63, 3.8) is 0 Å². The molecule has 0 aromatic heterocycles. The Balaban J connectivity index is 2.82. The molecule has 0 aliphatic carbocycles. The molecule has 1 aromatic rings. The van der Waals surface area contributed by atoms with Crippen LogP contribution in [0.2, 0.25) is 0 Å². The monoisotopic (exact) mass is 385 g/mol. The van der Waals surface area contributed by atoms with Crippen molar-refractivity contribution in [3.8, 4) is 0 Å². The first kappa shape index (κ1) is 22.4. The van der Waals surface area contributed by atoms with E-state index in [2.05, 4.69) is 5.32 Å². The molecule has 0 saturated carbocycles. The van der Waals surface area contributed by atoms with E-state index in [-0.39, 0.29) is 18.7 Å². The maximum Gasteiger partial charge on any atom is 0.335 e. The van der Waals surface area contributed by atoms with Crippen LogP contribution in [0.4, 0.5) is 0 Å². The van der Waals surface area contributed by atoms with Gasteiger partial charge in [0.1, 0.15) is 6.04 Å². The van der Waals surface area contributed by atoms with E-state index in [9.17, 15) is 14.2 Å². The molecule has 1 atom stereocenters. The number of ether oxygens (including phenoxy) is 1. The Labute approximate surface area is 154 Å². The Morgan fingerprint density at radius 1 is 1.00 bits per heavy atom. The number of carbonyl (C=O) groups excluding carboxylic acids is 2. The molecule has 0 fully saturated rings. The van der Waals surface area contributed by atoms with Gasteiger partial charge >= 0.3 is 13.6 Å². The molecule has 146 valence electrons. The van der Waals surface area contributed by atoms with Gasteiger partial charge in [0.2, 0.25) is 5.91 Å². The third kappa shape index (κ3) is 7.68. The first-order chi connectivity index (χ1) is 12.3. The fourth-order valence-corrected chi connectivity index (χ4v) is 4.15. The summed E-state index contributed by atoms with van der Waals surface area (Å²) in [6.45, 7) is 7.48. The molecule has 8 heteroatoms. The van der Waals surface area contributed by atoms with Crippen molar-refractivity contribution < 1.29 is 27.9 Å². The minimum absolute atomic E-state index is 0.183. The summed E-state index contributed by atoms with van der Waals surface area (Å²) in [5.74, 6) is -0.766. The molecule has 1 aromatic carbocycles. The predicted octanol–water partition coefficient (Wildman–Crippen LogP) is 3.06. The fourth-order valence-electron chi connectivity index (χ4n) is 2.44. The second-order valence-corrected chi connectivity index (χ2v) is 7.68. The molecule has 7 nitrogen and oxygen atoms in total. The third-order valence-corrected chi connectivity index (χ3v) is 5.49. The van der Waals surface area contributed by atoms with E-state index < -0.39 is 19.6 Å². The summed E-state index contributed by atoms with van der Waals surface area (Å²) in [7, 11) is -3.16. The molecular formula is C18H28NO6P. The smallest absolute Gasteiger partial charge is 0.335 e. The summed E-state index contributed by atoms with van der Waals surface area (Å²) in [5, 5.41) is 2.60. The highest BCUT2D eigenvalue weighted by Gasteiger charge is 2.24. The van der Waals surface area contributed by atoms with Gasteiger partial charge in [0, 0.05) is 13.3 Å². The van der Waals surface area contributed by atoms with E-state index >= 15 is 0 Å². The van der Waals surface area contributed by atoms with Gasteiger partial charge in [-0.3, -0.25) is 9.36 Å². The molecule has 0 saturated heterocycles. The summed E-state index contributed by atoms with van der Waals surface area (Å²) in [4.78, 5) is 23.3. The highest BCUT2D eigenvalue weighted by molar-refractivity contribution is 7.53. The van der Waals surface area contributed by atoms with Gasteiger partial charge in [-0.05, 0) is 31.9 Å². The largest absolute Gasteiger partial charge is 0.464 e. The first-order valence-corrected chi connectivity index (χ1v) is 10.5. The molecule has 1 rings (SSSR count). The van der Waals surface area contributed by atoms with Crippen LogP contribution in [0.1, 0.15) is 38.8 Å². The maximum absolute atomic E-state index is 12.6. The van der Waals surface area contributed by atoms with Crippen molar-refractivity contribution in [1.82, 2.24) is 5.32 Å². The Morgan fingerprint density at radius 2 is 1.54 bits per heavy atom. The number of esters is 1. The van der Waals surface area contributed by atoms with Crippen LogP contribution in [0.5, 0.6) is 0 Å². The van der Waals surface area contributed by atoms with Crippen LogP contribution in [0.3, 0.4) is 0 Å². The standard InChI is InChI=1S/C18H28NO6P/c1-5-23-18(21)17(19-14(4)20)12-15-8-10-16(11-9-15)13-26(22,24-6-2)25-7-3/h8-11,17H,5-7,12-13H2,1-4H3,(H,19,20)/t17-/m0/s1. The van der Waals surface area contributed by atoms with Gasteiger partial charge in [0.05, 0.1) is 26.0 Å². The van der Waals surface area contributed by atoms with Crippen LogP contribution >= 0.6 is 7.60 Å². The lowest BCUT2D eigenvalue weighted by Gasteiger charge is -2.18. The highest BCUT2D eigenvalue weighted by Crippen LogP contribution is 2.51. The number of rotatable bonds is 11. The summed E-state index contributed by atoms with van der Waals surface area (Å²) in [5.41, 5.74) is 1.66. The number of carbonyl (C=O) groups is 2. The van der Waals surface area contributed by atoms with Gasteiger partial charge in [-0.25, -0.2) is 4.79 Å². The van der Waals surface area contributed by atoms with Gasteiger partial charge in [-0.15, -0.1) is 0 Å².